The molecule has 2 aromatic carbocycles. The highest BCUT2D eigenvalue weighted by Crippen LogP contribution is 2.23. The first-order valence-corrected chi connectivity index (χ1v) is 8.16. The normalized spacial score (nSPS) is 13.0. The Kier molecular flexibility index (Phi) is 4.34. The van der Waals surface area contributed by atoms with Crippen molar-refractivity contribution in [2.45, 2.75) is 31.8 Å². The SMILES string of the molecule is Cc1ccc(C)c(NS(=O)(=O)c2cccc(C(C)O)c2)c1. The second kappa shape index (κ2) is 5.87. The molecule has 2 N–H and O–H groups in total. The predicted molar refractivity (Wildman–Crippen MR) is 83.8 cm³/mol. The Balaban J connectivity index is 2.38. The average Bonchev–Trinajstić information content (AvgIpc) is 2.43. The first kappa shape index (κ1) is 15.5. The van der Waals surface area contributed by atoms with Crippen molar-refractivity contribution in [2.24, 2.45) is 0 Å². The molecule has 5 heteroatoms. The molecule has 21 heavy (non-hydrogen) atoms. The van der Waals surface area contributed by atoms with Crippen molar-refractivity contribution in [2.75, 3.05) is 4.72 Å². The monoisotopic (exact) mass is 305 g/mol. The van der Waals surface area contributed by atoms with Gasteiger partial charge < -0.3 is 5.11 Å². The van der Waals surface area contributed by atoms with Crippen LogP contribution in [0.4, 0.5) is 5.69 Å². The van der Waals surface area contributed by atoms with Crippen molar-refractivity contribution in [1.29, 1.82) is 0 Å². The third kappa shape index (κ3) is 3.62. The second-order valence-corrected chi connectivity index (χ2v) is 6.85. The Morgan fingerprint density at radius 2 is 1.81 bits per heavy atom. The lowest BCUT2D eigenvalue weighted by Gasteiger charge is -2.13. The quantitative estimate of drug-likeness (QED) is 0.912. The molecular formula is C16H19NO3S. The van der Waals surface area contributed by atoms with Crippen LogP contribution in [0.5, 0.6) is 0 Å². The number of benzene rings is 2. The lowest BCUT2D eigenvalue weighted by Crippen LogP contribution is -2.14. The zero-order valence-corrected chi connectivity index (χ0v) is 13.1. The van der Waals surface area contributed by atoms with Crippen LogP contribution in [0.25, 0.3) is 0 Å². The third-order valence-electron chi connectivity index (χ3n) is 3.29. The van der Waals surface area contributed by atoms with E-state index in [1.54, 1.807) is 25.1 Å². The molecular weight excluding hydrogens is 286 g/mol. The Morgan fingerprint density at radius 1 is 1.10 bits per heavy atom. The molecule has 112 valence electrons. The highest BCUT2D eigenvalue weighted by molar-refractivity contribution is 7.92. The van der Waals surface area contributed by atoms with Crippen LogP contribution in [-0.4, -0.2) is 13.5 Å². The molecule has 2 aromatic rings. The van der Waals surface area contributed by atoms with Gasteiger partial charge in [0.05, 0.1) is 16.7 Å². The van der Waals surface area contributed by atoms with E-state index in [9.17, 15) is 13.5 Å². The van der Waals surface area contributed by atoms with Gasteiger partial charge in [0.15, 0.2) is 0 Å². The molecule has 0 saturated carbocycles. The smallest absolute Gasteiger partial charge is 0.261 e. The fourth-order valence-electron chi connectivity index (χ4n) is 1.99. The van der Waals surface area contributed by atoms with Crippen molar-refractivity contribution in [3.8, 4) is 0 Å². The molecule has 0 aliphatic heterocycles. The zero-order valence-electron chi connectivity index (χ0n) is 12.3. The molecule has 0 heterocycles. The molecule has 0 saturated heterocycles. The van der Waals surface area contributed by atoms with Crippen molar-refractivity contribution in [3.63, 3.8) is 0 Å². The molecule has 0 aliphatic carbocycles. The van der Waals surface area contributed by atoms with Gasteiger partial charge >= 0.3 is 0 Å². The second-order valence-electron chi connectivity index (χ2n) is 5.17. The van der Waals surface area contributed by atoms with E-state index in [-0.39, 0.29) is 4.90 Å². The van der Waals surface area contributed by atoms with Crippen LogP contribution in [0, 0.1) is 13.8 Å². The lowest BCUT2D eigenvalue weighted by molar-refractivity contribution is 0.199. The van der Waals surface area contributed by atoms with Gasteiger partial charge in [-0.1, -0.05) is 24.3 Å². The molecule has 4 nitrogen and oxygen atoms in total. The molecule has 0 fully saturated rings. The van der Waals surface area contributed by atoms with E-state index < -0.39 is 16.1 Å². The van der Waals surface area contributed by atoms with Gasteiger partial charge in [0.2, 0.25) is 0 Å². The van der Waals surface area contributed by atoms with Gasteiger partial charge in [0, 0.05) is 0 Å². The Hall–Kier alpha value is -1.85. The number of rotatable bonds is 4. The van der Waals surface area contributed by atoms with Crippen molar-refractivity contribution < 1.29 is 13.5 Å². The van der Waals surface area contributed by atoms with Crippen molar-refractivity contribution >= 4 is 15.7 Å². The average molecular weight is 305 g/mol. The number of aliphatic hydroxyl groups excluding tert-OH is 1. The van der Waals surface area contributed by atoms with Crippen LogP contribution in [0.2, 0.25) is 0 Å². The molecule has 2 rings (SSSR count). The van der Waals surface area contributed by atoms with E-state index in [2.05, 4.69) is 4.72 Å². The summed E-state index contributed by atoms with van der Waals surface area (Å²) in [5.74, 6) is 0. The summed E-state index contributed by atoms with van der Waals surface area (Å²) in [4.78, 5) is 0.141. The Morgan fingerprint density at radius 3 is 2.48 bits per heavy atom. The van der Waals surface area contributed by atoms with E-state index in [1.165, 1.54) is 12.1 Å². The summed E-state index contributed by atoms with van der Waals surface area (Å²) in [6, 6.07) is 11.9. The number of hydrogen-bond acceptors (Lipinski definition) is 3. The highest BCUT2D eigenvalue weighted by atomic mass is 32.2. The summed E-state index contributed by atoms with van der Waals surface area (Å²) in [6.45, 7) is 5.36. The maximum atomic E-state index is 12.4. The summed E-state index contributed by atoms with van der Waals surface area (Å²) in [7, 11) is -3.67. The van der Waals surface area contributed by atoms with Gasteiger partial charge in [0.1, 0.15) is 0 Å². The number of aliphatic hydroxyl groups is 1. The molecule has 1 unspecified atom stereocenters. The molecule has 1 atom stereocenters. The molecule has 0 amide bonds. The predicted octanol–water partition coefficient (Wildman–Crippen LogP) is 3.16. The number of anilines is 1. The Labute approximate surface area is 125 Å². The largest absolute Gasteiger partial charge is 0.389 e. The van der Waals surface area contributed by atoms with Gasteiger partial charge in [-0.05, 0) is 55.7 Å². The van der Waals surface area contributed by atoms with Crippen LogP contribution >= 0.6 is 0 Å². The minimum Gasteiger partial charge on any atom is -0.389 e. The van der Waals surface area contributed by atoms with Crippen LogP contribution in [-0.2, 0) is 10.0 Å². The first-order chi connectivity index (χ1) is 9.79. The van der Waals surface area contributed by atoms with Gasteiger partial charge in [-0.15, -0.1) is 0 Å². The van der Waals surface area contributed by atoms with E-state index >= 15 is 0 Å². The molecule has 0 bridgehead atoms. The fourth-order valence-corrected chi connectivity index (χ4v) is 3.17. The molecule has 0 aromatic heterocycles. The summed E-state index contributed by atoms with van der Waals surface area (Å²) >= 11 is 0. The number of aryl methyl sites for hydroxylation is 2. The number of hydrogen-bond donors (Lipinski definition) is 2. The van der Waals surface area contributed by atoms with E-state index in [1.807, 2.05) is 26.0 Å². The zero-order chi connectivity index (χ0) is 15.6. The summed E-state index contributed by atoms with van der Waals surface area (Å²) < 4.78 is 27.5. The van der Waals surface area contributed by atoms with Crippen molar-refractivity contribution in [3.05, 3.63) is 59.2 Å². The maximum Gasteiger partial charge on any atom is 0.261 e. The molecule has 0 spiro atoms. The van der Waals surface area contributed by atoms with Gasteiger partial charge in [0.25, 0.3) is 10.0 Å². The third-order valence-corrected chi connectivity index (χ3v) is 4.65. The summed E-state index contributed by atoms with van der Waals surface area (Å²) in [5.41, 5.74) is 2.98. The van der Waals surface area contributed by atoms with Crippen LogP contribution < -0.4 is 4.72 Å². The fraction of sp³-hybridized carbons (Fsp3) is 0.250. The standard InChI is InChI=1S/C16H19NO3S/c1-11-7-8-12(2)16(9-11)17-21(19,20)15-6-4-5-14(10-15)13(3)18/h4-10,13,17-18H,1-3H3. The van der Waals surface area contributed by atoms with E-state index in [0.29, 0.717) is 11.3 Å². The highest BCUT2D eigenvalue weighted by Gasteiger charge is 2.16. The molecule has 0 aliphatic rings. The van der Waals surface area contributed by atoms with Crippen LogP contribution in [0.15, 0.2) is 47.4 Å². The number of sulfonamides is 1. The van der Waals surface area contributed by atoms with Gasteiger partial charge in [-0.3, -0.25) is 4.72 Å². The first-order valence-electron chi connectivity index (χ1n) is 6.68. The Bertz CT molecular complexity index is 752. The lowest BCUT2D eigenvalue weighted by atomic mass is 10.1. The summed E-state index contributed by atoms with van der Waals surface area (Å²) in [5, 5.41) is 9.57. The minimum atomic E-state index is -3.67. The van der Waals surface area contributed by atoms with Crippen molar-refractivity contribution in [1.82, 2.24) is 0 Å². The number of nitrogens with one attached hydrogen (secondary N) is 1. The van der Waals surface area contributed by atoms with Crippen LogP contribution in [0.3, 0.4) is 0 Å². The van der Waals surface area contributed by atoms with E-state index in [4.69, 9.17) is 0 Å². The minimum absolute atomic E-state index is 0.141. The topological polar surface area (TPSA) is 66.4 Å². The van der Waals surface area contributed by atoms with E-state index in [0.717, 1.165) is 11.1 Å². The molecule has 0 radical (unpaired) electrons. The summed E-state index contributed by atoms with van der Waals surface area (Å²) in [6.07, 6.45) is -0.708. The maximum absolute atomic E-state index is 12.4. The van der Waals surface area contributed by atoms with Crippen LogP contribution in [0.1, 0.15) is 29.7 Å². The van der Waals surface area contributed by atoms with Gasteiger partial charge in [-0.25, -0.2) is 8.42 Å². The van der Waals surface area contributed by atoms with Gasteiger partial charge in [-0.2, -0.15) is 0 Å².